The molecule has 2 aromatic carbocycles. The predicted molar refractivity (Wildman–Crippen MR) is 88.0 cm³/mol. The predicted octanol–water partition coefficient (Wildman–Crippen LogP) is 4.53. The molecule has 4 rings (SSSR count). The highest BCUT2D eigenvalue weighted by molar-refractivity contribution is 5.91. The van der Waals surface area contributed by atoms with E-state index in [1.807, 2.05) is 0 Å². The van der Waals surface area contributed by atoms with E-state index in [0.29, 0.717) is 17.7 Å². The van der Waals surface area contributed by atoms with Crippen molar-refractivity contribution in [1.82, 2.24) is 4.98 Å². The summed E-state index contributed by atoms with van der Waals surface area (Å²) in [6, 6.07) is 8.45. The van der Waals surface area contributed by atoms with Gasteiger partial charge in [0.15, 0.2) is 0 Å². The summed E-state index contributed by atoms with van der Waals surface area (Å²) >= 11 is 0. The number of hydrogen-bond acceptors (Lipinski definition) is 1. The van der Waals surface area contributed by atoms with Gasteiger partial charge in [-0.05, 0) is 66.6 Å². The van der Waals surface area contributed by atoms with Gasteiger partial charge in [0.05, 0.1) is 5.52 Å². The molecule has 0 radical (unpaired) electrons. The van der Waals surface area contributed by atoms with E-state index in [1.165, 1.54) is 18.2 Å². The maximum Gasteiger partial charge on any atom is 0.150 e. The molecule has 3 aromatic rings. The first kappa shape index (κ1) is 15.3. The molecule has 0 spiro atoms. The van der Waals surface area contributed by atoms with Crippen molar-refractivity contribution in [3.05, 3.63) is 59.4 Å². The van der Waals surface area contributed by atoms with Crippen LogP contribution in [0.1, 0.15) is 18.4 Å². The van der Waals surface area contributed by atoms with Gasteiger partial charge < -0.3 is 10.7 Å². The van der Waals surface area contributed by atoms with Crippen molar-refractivity contribution in [2.24, 2.45) is 11.7 Å². The normalized spacial score (nSPS) is 20.3. The number of nitrogens with one attached hydrogen (secondary N) is 1. The summed E-state index contributed by atoms with van der Waals surface area (Å²) in [5.41, 5.74) is 8.48. The van der Waals surface area contributed by atoms with Gasteiger partial charge in [0.2, 0.25) is 0 Å². The van der Waals surface area contributed by atoms with Crippen LogP contribution in [0.3, 0.4) is 0 Å². The monoisotopic (exact) mass is 330 g/mol. The number of H-pyrrole nitrogens is 1. The third kappa shape index (κ3) is 2.59. The van der Waals surface area contributed by atoms with Gasteiger partial charge in [-0.15, -0.1) is 0 Å². The van der Waals surface area contributed by atoms with Crippen molar-refractivity contribution in [2.75, 3.05) is 0 Å². The van der Waals surface area contributed by atoms with Crippen LogP contribution in [0, 0.1) is 23.4 Å². The summed E-state index contributed by atoms with van der Waals surface area (Å²) in [5, 5.41) is 0.548. The Balaban J connectivity index is 1.87. The lowest BCUT2D eigenvalue weighted by atomic mass is 9.76. The van der Waals surface area contributed by atoms with E-state index in [-0.39, 0.29) is 17.4 Å². The van der Waals surface area contributed by atoms with Crippen molar-refractivity contribution in [2.45, 2.75) is 25.3 Å². The summed E-state index contributed by atoms with van der Waals surface area (Å²) in [7, 11) is 0. The molecule has 1 heterocycles. The first-order valence-corrected chi connectivity index (χ1v) is 8.02. The fourth-order valence-corrected chi connectivity index (χ4v) is 3.59. The molecule has 0 aliphatic heterocycles. The highest BCUT2D eigenvalue weighted by atomic mass is 19.1. The zero-order valence-electron chi connectivity index (χ0n) is 13.0. The molecule has 1 aliphatic carbocycles. The molecule has 3 N–H and O–H groups in total. The molecule has 0 bridgehead atoms. The van der Waals surface area contributed by atoms with E-state index in [2.05, 4.69) is 4.98 Å². The number of nitrogens with two attached hydrogens (primary N) is 1. The molecule has 0 atom stereocenters. The second kappa shape index (κ2) is 5.67. The zero-order chi connectivity index (χ0) is 16.8. The number of halogens is 3. The lowest BCUT2D eigenvalue weighted by Gasteiger charge is -2.32. The Bertz CT molecular complexity index is 893. The Morgan fingerprint density at radius 3 is 2.38 bits per heavy atom. The third-order valence-electron chi connectivity index (χ3n) is 4.83. The molecule has 0 unspecified atom stereocenters. The minimum Gasteiger partial charge on any atom is -0.352 e. The van der Waals surface area contributed by atoms with Gasteiger partial charge in [-0.3, -0.25) is 0 Å². The van der Waals surface area contributed by atoms with Crippen LogP contribution in [-0.4, -0.2) is 11.0 Å². The zero-order valence-corrected chi connectivity index (χ0v) is 13.0. The third-order valence-corrected chi connectivity index (χ3v) is 4.83. The van der Waals surface area contributed by atoms with Gasteiger partial charge in [0, 0.05) is 23.2 Å². The van der Waals surface area contributed by atoms with E-state index in [9.17, 15) is 13.2 Å². The van der Waals surface area contributed by atoms with Gasteiger partial charge in [0.25, 0.3) is 0 Å². The fraction of sp³-hybridized carbons (Fsp3) is 0.263. The average molecular weight is 330 g/mol. The molecule has 1 aromatic heterocycles. The van der Waals surface area contributed by atoms with Crippen LogP contribution in [-0.2, 0) is 6.42 Å². The van der Waals surface area contributed by atoms with Gasteiger partial charge in [-0.2, -0.15) is 0 Å². The molecule has 1 aliphatic rings. The second-order valence-electron chi connectivity index (χ2n) is 6.60. The number of aromatic nitrogens is 1. The standard InChI is InChI=1S/C19H17F3N2/c20-12-3-1-11(2-4-12)18-15(7-10-5-14(23)6-10)16-8-13(21)9-17(22)19(16)24-18/h1-4,8-10,14,24H,5-7,23H2. The Kier molecular flexibility index (Phi) is 3.61. The summed E-state index contributed by atoms with van der Waals surface area (Å²) in [6.45, 7) is 0. The Morgan fingerprint density at radius 2 is 1.71 bits per heavy atom. The molecular weight excluding hydrogens is 313 g/mol. The Hall–Kier alpha value is -2.27. The number of hydrogen-bond donors (Lipinski definition) is 2. The second-order valence-corrected chi connectivity index (χ2v) is 6.60. The van der Waals surface area contributed by atoms with Gasteiger partial charge in [-0.25, -0.2) is 13.2 Å². The Labute approximate surface area is 137 Å². The molecule has 5 heteroatoms. The average Bonchev–Trinajstić information content (AvgIpc) is 2.86. The van der Waals surface area contributed by atoms with Crippen LogP contribution in [0.4, 0.5) is 13.2 Å². The van der Waals surface area contributed by atoms with Crippen LogP contribution in [0.15, 0.2) is 36.4 Å². The quantitative estimate of drug-likeness (QED) is 0.728. The molecule has 1 saturated carbocycles. The number of aromatic amines is 1. The summed E-state index contributed by atoms with van der Waals surface area (Å²) in [4.78, 5) is 3.06. The molecule has 124 valence electrons. The topological polar surface area (TPSA) is 41.8 Å². The lowest BCUT2D eigenvalue weighted by molar-refractivity contribution is 0.265. The number of benzene rings is 2. The summed E-state index contributed by atoms with van der Waals surface area (Å²) < 4.78 is 41.1. The molecule has 0 amide bonds. The largest absolute Gasteiger partial charge is 0.352 e. The first-order valence-electron chi connectivity index (χ1n) is 8.02. The van der Waals surface area contributed by atoms with Crippen molar-refractivity contribution in [1.29, 1.82) is 0 Å². The van der Waals surface area contributed by atoms with Crippen LogP contribution in [0.5, 0.6) is 0 Å². The van der Waals surface area contributed by atoms with Crippen LogP contribution >= 0.6 is 0 Å². The lowest BCUT2D eigenvalue weighted by Crippen LogP contribution is -2.37. The van der Waals surface area contributed by atoms with Gasteiger partial charge >= 0.3 is 0 Å². The van der Waals surface area contributed by atoms with Gasteiger partial charge in [0.1, 0.15) is 17.5 Å². The van der Waals surface area contributed by atoms with Crippen molar-refractivity contribution >= 4 is 10.9 Å². The van der Waals surface area contributed by atoms with E-state index in [0.717, 1.165) is 35.7 Å². The highest BCUT2D eigenvalue weighted by Crippen LogP contribution is 2.37. The van der Waals surface area contributed by atoms with Crippen molar-refractivity contribution in [3.8, 4) is 11.3 Å². The molecular formula is C19H17F3N2. The van der Waals surface area contributed by atoms with Crippen molar-refractivity contribution < 1.29 is 13.2 Å². The van der Waals surface area contributed by atoms with E-state index in [1.54, 1.807) is 12.1 Å². The number of rotatable bonds is 3. The molecule has 1 fully saturated rings. The van der Waals surface area contributed by atoms with Gasteiger partial charge in [-0.1, -0.05) is 0 Å². The minimum atomic E-state index is -0.620. The molecule has 24 heavy (non-hydrogen) atoms. The smallest absolute Gasteiger partial charge is 0.150 e. The Morgan fingerprint density at radius 1 is 1.00 bits per heavy atom. The van der Waals surface area contributed by atoms with Crippen molar-refractivity contribution in [3.63, 3.8) is 0 Å². The minimum absolute atomic E-state index is 0.211. The molecule has 2 nitrogen and oxygen atoms in total. The van der Waals surface area contributed by atoms with E-state index >= 15 is 0 Å². The summed E-state index contributed by atoms with van der Waals surface area (Å²) in [6.07, 6.45) is 2.52. The fourth-order valence-electron chi connectivity index (χ4n) is 3.59. The highest BCUT2D eigenvalue weighted by Gasteiger charge is 2.28. The summed E-state index contributed by atoms with van der Waals surface area (Å²) in [5.74, 6) is -1.15. The van der Waals surface area contributed by atoms with Crippen LogP contribution < -0.4 is 5.73 Å². The van der Waals surface area contributed by atoms with Crippen LogP contribution in [0.2, 0.25) is 0 Å². The molecule has 0 saturated heterocycles. The van der Waals surface area contributed by atoms with E-state index in [4.69, 9.17) is 5.73 Å². The first-order chi connectivity index (χ1) is 11.5. The SMILES string of the molecule is NC1CC(Cc2c(-c3ccc(F)cc3)[nH]c3c(F)cc(F)cc23)C1. The van der Waals surface area contributed by atoms with E-state index < -0.39 is 11.6 Å². The maximum atomic E-state index is 14.2. The number of fused-ring (bicyclic) bond motifs is 1. The van der Waals surface area contributed by atoms with Crippen LogP contribution in [0.25, 0.3) is 22.2 Å². The maximum absolute atomic E-state index is 14.2.